The molecule has 232 valence electrons. The van der Waals surface area contributed by atoms with Crippen molar-refractivity contribution in [3.8, 4) is 6.07 Å². The number of methoxy groups -OCH3 is 1. The van der Waals surface area contributed by atoms with Crippen LogP contribution in [0.3, 0.4) is 0 Å². The zero-order chi connectivity index (χ0) is 31.2. The molecule has 1 heterocycles. The maximum atomic E-state index is 14.5. The van der Waals surface area contributed by atoms with Gasteiger partial charge in [-0.1, -0.05) is 36.8 Å². The van der Waals surface area contributed by atoms with Gasteiger partial charge in [-0.2, -0.15) is 5.26 Å². The van der Waals surface area contributed by atoms with Crippen molar-refractivity contribution >= 4 is 21.8 Å². The molecule has 1 aliphatic heterocycles. The topological polar surface area (TPSA) is 117 Å². The average molecular weight is 612 g/mol. The molecule has 0 radical (unpaired) electrons. The Morgan fingerprint density at radius 2 is 1.91 bits per heavy atom. The Hall–Kier alpha value is -3.45. The molecule has 0 bridgehead atoms. The van der Waals surface area contributed by atoms with E-state index in [9.17, 15) is 27.7 Å². The van der Waals surface area contributed by atoms with Crippen LogP contribution in [0, 0.1) is 29.0 Å². The second-order valence-electron chi connectivity index (χ2n) is 11.9. The number of benzene rings is 1. The third kappa shape index (κ3) is 7.20. The summed E-state index contributed by atoms with van der Waals surface area (Å²) in [7, 11) is -2.07. The van der Waals surface area contributed by atoms with Crippen LogP contribution < -0.4 is 5.32 Å². The smallest absolute Gasteiger partial charge is 0.407 e. The number of amides is 2. The van der Waals surface area contributed by atoms with Crippen molar-refractivity contribution in [2.24, 2.45) is 11.8 Å². The van der Waals surface area contributed by atoms with Gasteiger partial charge < -0.3 is 15.0 Å². The number of nitrogens with one attached hydrogen (secondary N) is 1. The van der Waals surface area contributed by atoms with E-state index in [1.807, 2.05) is 0 Å². The van der Waals surface area contributed by atoms with E-state index in [4.69, 9.17) is 4.74 Å². The molecular weight excluding hydrogens is 569 g/mol. The number of sulfone groups is 1. The van der Waals surface area contributed by atoms with Gasteiger partial charge in [0.15, 0.2) is 9.84 Å². The van der Waals surface area contributed by atoms with Crippen LogP contribution in [-0.2, 0) is 24.8 Å². The van der Waals surface area contributed by atoms with Gasteiger partial charge >= 0.3 is 6.09 Å². The summed E-state index contributed by atoms with van der Waals surface area (Å²) in [6.07, 6.45) is 9.54. The third-order valence-electron chi connectivity index (χ3n) is 9.20. The predicted molar refractivity (Wildman–Crippen MR) is 163 cm³/mol. The standard InChI is InChI=1S/C33H42FN3O5S/c1-4-7-28(43(40,41)27-13-14-27)20-23(2)12-15-31(38)37-18-16-24(17-19-37)33(22-35,25-8-5-9-26(34)21-25)29-10-6-11-30(29)36-32(39)42-3/h4-5,7-9,20-21,24,27,29-30H,2,6,10-19H2,1,3H3,(H,36,39)/b7-4-,28-20+/t29-,30-,33-/m0/s1. The van der Waals surface area contributed by atoms with Gasteiger partial charge in [0, 0.05) is 31.5 Å². The highest BCUT2D eigenvalue weighted by atomic mass is 32.2. The van der Waals surface area contributed by atoms with E-state index in [1.54, 1.807) is 42.2 Å². The maximum Gasteiger partial charge on any atom is 0.407 e. The minimum Gasteiger partial charge on any atom is -0.453 e. The SMILES string of the molecule is C=C(/C=C(\C=C/C)S(=O)(=O)C1CC1)CCC(=O)N1CCC([C@@](C#N)(c2cccc(F)c2)[C@H]2CCC[C@@H]2NC(=O)OC)CC1. The van der Waals surface area contributed by atoms with Crippen LogP contribution in [0.1, 0.15) is 70.3 Å². The van der Waals surface area contributed by atoms with Crippen LogP contribution in [0.4, 0.5) is 9.18 Å². The number of hydrogen-bond acceptors (Lipinski definition) is 6. The molecule has 0 unspecified atom stereocenters. The average Bonchev–Trinajstić information content (AvgIpc) is 3.77. The first-order valence-electron chi connectivity index (χ1n) is 15.1. The van der Waals surface area contributed by atoms with Gasteiger partial charge in [-0.3, -0.25) is 4.79 Å². The Labute approximate surface area is 254 Å². The Balaban J connectivity index is 1.46. The lowest BCUT2D eigenvalue weighted by molar-refractivity contribution is -0.132. The van der Waals surface area contributed by atoms with Gasteiger partial charge in [0.2, 0.25) is 5.91 Å². The van der Waals surface area contributed by atoms with Crippen molar-refractivity contribution in [3.63, 3.8) is 0 Å². The molecule has 0 spiro atoms. The van der Waals surface area contributed by atoms with Crippen LogP contribution in [-0.4, -0.2) is 56.8 Å². The third-order valence-corrected chi connectivity index (χ3v) is 11.5. The molecule has 8 nitrogen and oxygen atoms in total. The highest BCUT2D eigenvalue weighted by Gasteiger charge is 2.53. The fraction of sp³-hybridized carbons (Fsp3) is 0.545. The lowest BCUT2D eigenvalue weighted by Crippen LogP contribution is -2.53. The van der Waals surface area contributed by atoms with Gasteiger partial charge in [-0.15, -0.1) is 0 Å². The number of ether oxygens (including phenoxy) is 1. The fourth-order valence-corrected chi connectivity index (χ4v) is 8.67. The van der Waals surface area contributed by atoms with Crippen LogP contribution in [0.25, 0.3) is 0 Å². The second kappa shape index (κ2) is 13.9. The van der Waals surface area contributed by atoms with Gasteiger partial charge in [0.05, 0.1) is 28.7 Å². The largest absolute Gasteiger partial charge is 0.453 e. The summed E-state index contributed by atoms with van der Waals surface area (Å²) < 4.78 is 44.8. The molecule has 2 saturated carbocycles. The Morgan fingerprint density at radius 1 is 1.19 bits per heavy atom. The van der Waals surface area contributed by atoms with Gasteiger partial charge in [0.1, 0.15) is 5.82 Å². The molecule has 1 saturated heterocycles. The lowest BCUT2D eigenvalue weighted by Gasteiger charge is -2.46. The maximum absolute atomic E-state index is 14.5. The van der Waals surface area contributed by atoms with E-state index in [0.29, 0.717) is 69.2 Å². The highest BCUT2D eigenvalue weighted by Crippen LogP contribution is 2.50. The molecular formula is C33H42FN3O5S. The Bertz CT molecular complexity index is 1420. The van der Waals surface area contributed by atoms with E-state index in [1.165, 1.54) is 19.2 Å². The molecule has 1 aromatic rings. The van der Waals surface area contributed by atoms with Crippen LogP contribution >= 0.6 is 0 Å². The van der Waals surface area contributed by atoms with Gasteiger partial charge in [0.25, 0.3) is 0 Å². The van der Waals surface area contributed by atoms with Crippen LogP contribution in [0.5, 0.6) is 0 Å². The second-order valence-corrected chi connectivity index (χ2v) is 14.1. The summed E-state index contributed by atoms with van der Waals surface area (Å²) in [4.78, 5) is 27.3. The molecule has 2 aliphatic carbocycles. The lowest BCUT2D eigenvalue weighted by atomic mass is 9.59. The molecule has 1 N–H and O–H groups in total. The minimum atomic E-state index is -3.37. The van der Waals surface area contributed by atoms with E-state index < -0.39 is 27.2 Å². The molecule has 3 aliphatic rings. The molecule has 2 amide bonds. The summed E-state index contributed by atoms with van der Waals surface area (Å²) >= 11 is 0. The number of nitriles is 1. The van der Waals surface area contributed by atoms with Crippen molar-refractivity contribution in [2.75, 3.05) is 20.2 Å². The molecule has 1 aromatic carbocycles. The molecule has 4 rings (SSSR count). The van der Waals surface area contributed by atoms with Gasteiger partial charge in [-0.25, -0.2) is 17.6 Å². The number of hydrogen-bond donors (Lipinski definition) is 1. The van der Waals surface area contributed by atoms with E-state index in [-0.39, 0.29) is 40.4 Å². The quantitative estimate of drug-likeness (QED) is 0.320. The molecule has 10 heteroatoms. The first-order chi connectivity index (χ1) is 20.6. The zero-order valence-electron chi connectivity index (χ0n) is 25.1. The van der Waals surface area contributed by atoms with Crippen molar-refractivity contribution < 1.29 is 27.1 Å². The first-order valence-corrected chi connectivity index (χ1v) is 16.7. The number of piperidine rings is 1. The monoisotopic (exact) mass is 611 g/mol. The van der Waals surface area contributed by atoms with Crippen molar-refractivity contribution in [2.45, 2.75) is 81.4 Å². The summed E-state index contributed by atoms with van der Waals surface area (Å²) in [5.41, 5.74) is 0.138. The van der Waals surface area contributed by atoms with E-state index >= 15 is 0 Å². The summed E-state index contributed by atoms with van der Waals surface area (Å²) in [6.45, 7) is 6.68. The highest BCUT2D eigenvalue weighted by molar-refractivity contribution is 7.96. The minimum absolute atomic E-state index is 0.0509. The fourth-order valence-electron chi connectivity index (χ4n) is 6.87. The van der Waals surface area contributed by atoms with Crippen LogP contribution in [0.15, 0.2) is 59.6 Å². The van der Waals surface area contributed by atoms with Crippen LogP contribution in [0.2, 0.25) is 0 Å². The Kier molecular flexibility index (Phi) is 10.5. The number of allylic oxidation sites excluding steroid dienone is 4. The summed E-state index contributed by atoms with van der Waals surface area (Å²) in [5, 5.41) is 13.4. The normalized spacial score (nSPS) is 23.0. The van der Waals surface area contributed by atoms with E-state index in [2.05, 4.69) is 18.0 Å². The van der Waals surface area contributed by atoms with Crippen molar-refractivity contribution in [1.82, 2.24) is 10.2 Å². The Morgan fingerprint density at radius 3 is 2.51 bits per heavy atom. The molecule has 0 aromatic heterocycles. The summed E-state index contributed by atoms with van der Waals surface area (Å²) in [5.74, 6) is -0.858. The predicted octanol–water partition coefficient (Wildman–Crippen LogP) is 5.72. The number of halogens is 1. The van der Waals surface area contributed by atoms with Crippen molar-refractivity contribution in [1.29, 1.82) is 5.26 Å². The van der Waals surface area contributed by atoms with E-state index in [0.717, 1.165) is 6.42 Å². The number of carbonyl (C=O) groups excluding carboxylic acids is 2. The van der Waals surface area contributed by atoms with Gasteiger partial charge in [-0.05, 0) is 87.6 Å². The zero-order valence-corrected chi connectivity index (χ0v) is 25.9. The number of nitrogens with zero attached hydrogens (tertiary/aromatic N) is 2. The molecule has 43 heavy (non-hydrogen) atoms. The van der Waals surface area contributed by atoms with Crippen molar-refractivity contribution in [3.05, 3.63) is 70.9 Å². The number of alkyl carbamates (subject to hydrolysis) is 1. The number of carbonyl (C=O) groups is 2. The summed E-state index contributed by atoms with van der Waals surface area (Å²) in [6, 6.07) is 8.51. The first kappa shape index (κ1) is 32.5. The molecule has 3 fully saturated rings. The number of rotatable bonds is 11. The number of likely N-dealkylation sites (tertiary alicyclic amines) is 1. The molecule has 3 atom stereocenters.